The predicted molar refractivity (Wildman–Crippen MR) is 108 cm³/mol. The summed E-state index contributed by atoms with van der Waals surface area (Å²) in [6.07, 6.45) is 3.93. The van der Waals surface area contributed by atoms with Gasteiger partial charge in [-0.3, -0.25) is 4.79 Å². The highest BCUT2D eigenvalue weighted by Gasteiger charge is 2.11. The lowest BCUT2D eigenvalue weighted by Crippen LogP contribution is -2.12. The number of carbonyl (C=O) groups is 1. The largest absolute Gasteiger partial charge is 0.424 e. The summed E-state index contributed by atoms with van der Waals surface area (Å²) in [5, 5.41) is 5.53. The minimum atomic E-state index is -0.240. The van der Waals surface area contributed by atoms with Crippen LogP contribution in [0.15, 0.2) is 78.4 Å². The Hall–Kier alpha value is -3.58. The van der Waals surface area contributed by atoms with Gasteiger partial charge in [0.2, 0.25) is 0 Å². The van der Waals surface area contributed by atoms with Crippen LogP contribution in [0.4, 0.5) is 5.69 Å². The molecule has 0 spiro atoms. The SMILES string of the molecule is O=C(Nc1ccc(Oc2ncccn2)cc1)c1csc(Cc2ccccc2)n1. The average molecular weight is 388 g/mol. The maximum absolute atomic E-state index is 12.4. The third kappa shape index (κ3) is 4.57. The van der Waals surface area contributed by atoms with Crippen molar-refractivity contribution in [3.05, 3.63) is 94.7 Å². The average Bonchev–Trinajstić information content (AvgIpc) is 3.20. The van der Waals surface area contributed by atoms with E-state index in [0.29, 0.717) is 23.6 Å². The summed E-state index contributed by atoms with van der Waals surface area (Å²) in [4.78, 5) is 24.9. The number of benzene rings is 2. The first kappa shape index (κ1) is 17.8. The van der Waals surface area contributed by atoms with Crippen molar-refractivity contribution in [2.75, 3.05) is 5.32 Å². The summed E-state index contributed by atoms with van der Waals surface area (Å²) >= 11 is 1.48. The number of amides is 1. The second-order valence-electron chi connectivity index (χ2n) is 5.90. The van der Waals surface area contributed by atoms with Crippen LogP contribution < -0.4 is 10.1 Å². The lowest BCUT2D eigenvalue weighted by atomic mass is 10.2. The first-order valence-electron chi connectivity index (χ1n) is 8.61. The molecular formula is C21H16N4O2S. The molecular weight excluding hydrogens is 372 g/mol. The van der Waals surface area contributed by atoms with Gasteiger partial charge in [0.25, 0.3) is 5.91 Å². The van der Waals surface area contributed by atoms with Crippen LogP contribution in [0.25, 0.3) is 0 Å². The van der Waals surface area contributed by atoms with Crippen molar-refractivity contribution in [2.45, 2.75) is 6.42 Å². The van der Waals surface area contributed by atoms with Crippen molar-refractivity contribution in [1.29, 1.82) is 0 Å². The number of nitrogens with zero attached hydrogens (tertiary/aromatic N) is 3. The molecule has 6 nitrogen and oxygen atoms in total. The zero-order chi connectivity index (χ0) is 19.2. The molecule has 2 aromatic heterocycles. The third-order valence-corrected chi connectivity index (χ3v) is 4.69. The summed E-state index contributed by atoms with van der Waals surface area (Å²) in [7, 11) is 0. The molecule has 2 heterocycles. The number of carbonyl (C=O) groups excluding carboxylic acids is 1. The molecule has 0 aliphatic carbocycles. The summed E-state index contributed by atoms with van der Waals surface area (Å²) in [6, 6.07) is 19.1. The van der Waals surface area contributed by atoms with Crippen molar-refractivity contribution >= 4 is 22.9 Å². The number of aromatic nitrogens is 3. The Morgan fingerprint density at radius 3 is 2.46 bits per heavy atom. The Bertz CT molecular complexity index is 1050. The van der Waals surface area contributed by atoms with Crippen LogP contribution in [0.5, 0.6) is 11.8 Å². The Balaban J connectivity index is 1.37. The molecule has 0 radical (unpaired) electrons. The van der Waals surface area contributed by atoms with Gasteiger partial charge in [0.1, 0.15) is 11.4 Å². The Morgan fingerprint density at radius 2 is 1.71 bits per heavy atom. The van der Waals surface area contributed by atoms with Gasteiger partial charge in [-0.05, 0) is 35.9 Å². The first-order valence-corrected chi connectivity index (χ1v) is 9.49. The smallest absolute Gasteiger partial charge is 0.321 e. The highest BCUT2D eigenvalue weighted by molar-refractivity contribution is 7.09. The van der Waals surface area contributed by atoms with Gasteiger partial charge in [-0.15, -0.1) is 11.3 Å². The fraction of sp³-hybridized carbons (Fsp3) is 0.0476. The fourth-order valence-electron chi connectivity index (χ4n) is 2.51. The highest BCUT2D eigenvalue weighted by atomic mass is 32.1. The molecule has 0 bridgehead atoms. The molecule has 4 aromatic rings. The number of rotatable bonds is 6. The lowest BCUT2D eigenvalue weighted by molar-refractivity contribution is 0.102. The summed E-state index contributed by atoms with van der Waals surface area (Å²) < 4.78 is 5.54. The molecule has 1 N–H and O–H groups in total. The van der Waals surface area contributed by atoms with Gasteiger partial charge in [-0.25, -0.2) is 15.0 Å². The predicted octanol–water partition coefficient (Wildman–Crippen LogP) is 4.57. The van der Waals surface area contributed by atoms with E-state index in [1.807, 2.05) is 30.3 Å². The van der Waals surface area contributed by atoms with Crippen LogP contribution in [0.3, 0.4) is 0 Å². The molecule has 0 unspecified atom stereocenters. The van der Waals surface area contributed by atoms with E-state index in [4.69, 9.17) is 4.74 Å². The number of anilines is 1. The van der Waals surface area contributed by atoms with Gasteiger partial charge in [-0.1, -0.05) is 30.3 Å². The minimum absolute atomic E-state index is 0.240. The molecule has 0 atom stereocenters. The maximum Gasteiger partial charge on any atom is 0.321 e. The molecule has 0 saturated carbocycles. The van der Waals surface area contributed by atoms with Crippen LogP contribution in [0.2, 0.25) is 0 Å². The van der Waals surface area contributed by atoms with E-state index in [9.17, 15) is 4.79 Å². The standard InChI is InChI=1S/C21H16N4O2S/c26-20(18-14-28-19(25-18)13-15-5-2-1-3-6-15)24-16-7-9-17(10-8-16)27-21-22-11-4-12-23-21/h1-12,14H,13H2,(H,24,26). The Labute approximate surface area is 165 Å². The second kappa shape index (κ2) is 8.41. The fourth-order valence-corrected chi connectivity index (χ4v) is 3.32. The van der Waals surface area contributed by atoms with Gasteiger partial charge in [0.05, 0.1) is 5.01 Å². The number of hydrogen-bond acceptors (Lipinski definition) is 6. The van der Waals surface area contributed by atoms with Gasteiger partial charge >= 0.3 is 6.01 Å². The van der Waals surface area contributed by atoms with Crippen LogP contribution in [0, 0.1) is 0 Å². The van der Waals surface area contributed by atoms with Crippen molar-refractivity contribution in [3.8, 4) is 11.8 Å². The summed E-state index contributed by atoms with van der Waals surface area (Å²) in [5.41, 5.74) is 2.24. The van der Waals surface area contributed by atoms with Crippen molar-refractivity contribution in [1.82, 2.24) is 15.0 Å². The van der Waals surface area contributed by atoms with E-state index in [1.54, 1.807) is 48.1 Å². The normalized spacial score (nSPS) is 10.4. The molecule has 0 aliphatic rings. The zero-order valence-electron chi connectivity index (χ0n) is 14.8. The number of hydrogen-bond donors (Lipinski definition) is 1. The van der Waals surface area contributed by atoms with Gasteiger partial charge in [0.15, 0.2) is 0 Å². The van der Waals surface area contributed by atoms with Crippen LogP contribution in [-0.2, 0) is 6.42 Å². The van der Waals surface area contributed by atoms with E-state index in [2.05, 4.69) is 20.3 Å². The highest BCUT2D eigenvalue weighted by Crippen LogP contribution is 2.21. The molecule has 0 saturated heterocycles. The van der Waals surface area contributed by atoms with E-state index < -0.39 is 0 Å². The molecule has 1 amide bonds. The molecule has 0 aliphatic heterocycles. The zero-order valence-corrected chi connectivity index (χ0v) is 15.6. The third-order valence-electron chi connectivity index (χ3n) is 3.85. The second-order valence-corrected chi connectivity index (χ2v) is 6.84. The van der Waals surface area contributed by atoms with Gasteiger partial charge in [-0.2, -0.15) is 0 Å². The van der Waals surface area contributed by atoms with E-state index in [-0.39, 0.29) is 11.9 Å². The molecule has 0 fully saturated rings. The molecule has 4 rings (SSSR count). The van der Waals surface area contributed by atoms with Crippen LogP contribution >= 0.6 is 11.3 Å². The number of ether oxygens (including phenoxy) is 1. The van der Waals surface area contributed by atoms with Crippen molar-refractivity contribution in [3.63, 3.8) is 0 Å². The van der Waals surface area contributed by atoms with Crippen LogP contribution in [0.1, 0.15) is 21.1 Å². The Morgan fingerprint density at radius 1 is 0.964 bits per heavy atom. The molecule has 138 valence electrons. The maximum atomic E-state index is 12.4. The molecule has 7 heteroatoms. The Kier molecular flexibility index (Phi) is 5.35. The lowest BCUT2D eigenvalue weighted by Gasteiger charge is -2.06. The monoisotopic (exact) mass is 388 g/mol. The van der Waals surface area contributed by atoms with Crippen LogP contribution in [-0.4, -0.2) is 20.9 Å². The van der Waals surface area contributed by atoms with Gasteiger partial charge < -0.3 is 10.1 Å². The first-order chi connectivity index (χ1) is 13.8. The summed E-state index contributed by atoms with van der Waals surface area (Å²) in [6.45, 7) is 0. The van der Waals surface area contributed by atoms with E-state index in [1.165, 1.54) is 16.9 Å². The molecule has 2 aromatic carbocycles. The van der Waals surface area contributed by atoms with E-state index >= 15 is 0 Å². The topological polar surface area (TPSA) is 77.0 Å². The minimum Gasteiger partial charge on any atom is -0.424 e. The quantitative estimate of drug-likeness (QED) is 0.524. The molecule has 28 heavy (non-hydrogen) atoms. The van der Waals surface area contributed by atoms with Gasteiger partial charge in [0, 0.05) is 29.9 Å². The summed E-state index contributed by atoms with van der Waals surface area (Å²) in [5.74, 6) is 0.346. The van der Waals surface area contributed by atoms with E-state index in [0.717, 1.165) is 5.01 Å². The van der Waals surface area contributed by atoms with Crippen molar-refractivity contribution in [2.24, 2.45) is 0 Å². The number of nitrogens with one attached hydrogen (secondary N) is 1. The van der Waals surface area contributed by atoms with Crippen molar-refractivity contribution < 1.29 is 9.53 Å². The number of thiazole rings is 1.